The zero-order chi connectivity index (χ0) is 26.8. The van der Waals surface area contributed by atoms with Gasteiger partial charge in [0.1, 0.15) is 0 Å². The van der Waals surface area contributed by atoms with Crippen molar-refractivity contribution in [3.05, 3.63) is 156 Å². The summed E-state index contributed by atoms with van der Waals surface area (Å²) in [7, 11) is 0. The predicted molar refractivity (Wildman–Crippen MR) is 169 cm³/mol. The van der Waals surface area contributed by atoms with Gasteiger partial charge >= 0.3 is 0 Å². The highest BCUT2D eigenvalue weighted by atomic mass is 14.7. The molecule has 0 spiro atoms. The molecule has 0 atom stereocenters. The maximum Gasteiger partial charge on any atom is 0.0471 e. The highest BCUT2D eigenvalue weighted by Crippen LogP contribution is 2.52. The van der Waals surface area contributed by atoms with Gasteiger partial charge in [-0.1, -0.05) is 121 Å². The number of rotatable bonds is 3. The van der Waals surface area contributed by atoms with Crippen molar-refractivity contribution in [3.63, 3.8) is 0 Å². The van der Waals surface area contributed by atoms with Gasteiger partial charge in [-0.05, 0) is 81.6 Å². The van der Waals surface area contributed by atoms with Gasteiger partial charge in [0.15, 0.2) is 0 Å². The Hall–Kier alpha value is -4.88. The first-order valence-corrected chi connectivity index (χ1v) is 14.0. The monoisotopic (exact) mass is 511 g/mol. The second kappa shape index (κ2) is 8.56. The van der Waals surface area contributed by atoms with Crippen molar-refractivity contribution >= 4 is 21.8 Å². The number of fused-ring (bicyclic) bond motifs is 6. The van der Waals surface area contributed by atoms with Crippen molar-refractivity contribution in [1.82, 2.24) is 4.98 Å². The zero-order valence-electron chi connectivity index (χ0n) is 22.7. The summed E-state index contributed by atoms with van der Waals surface area (Å²) in [6, 6.07) is 49.0. The lowest BCUT2D eigenvalue weighted by Crippen LogP contribution is -2.22. The molecule has 1 aliphatic carbocycles. The van der Waals surface area contributed by atoms with Crippen molar-refractivity contribution in [2.75, 3.05) is 0 Å². The van der Waals surface area contributed by atoms with Gasteiger partial charge in [0.2, 0.25) is 0 Å². The number of aromatic nitrogens is 1. The molecule has 190 valence electrons. The van der Waals surface area contributed by atoms with E-state index >= 15 is 0 Å². The van der Waals surface area contributed by atoms with Crippen LogP contribution in [0.25, 0.3) is 55.2 Å². The molecule has 0 saturated heterocycles. The van der Waals surface area contributed by atoms with Crippen molar-refractivity contribution < 1.29 is 0 Å². The van der Waals surface area contributed by atoms with E-state index in [1.165, 1.54) is 77.4 Å². The van der Waals surface area contributed by atoms with Crippen LogP contribution in [-0.4, -0.2) is 4.98 Å². The van der Waals surface area contributed by atoms with Gasteiger partial charge < -0.3 is 4.98 Å². The summed E-state index contributed by atoms with van der Waals surface area (Å²) in [5.41, 5.74) is 15.2. The Morgan fingerprint density at radius 2 is 1.00 bits per heavy atom. The topological polar surface area (TPSA) is 15.8 Å². The standard InChI is InChI=1S/C39H29N/c1-25-11-3-4-12-28(25)30-14-6-5-13-29(30)26-19-21-33-34-22-20-27(24-38(34)40-37(33)23-26)39(2)35-17-9-7-15-31(35)32-16-8-10-18-36(32)39/h3-24,40H,1-2H3. The van der Waals surface area contributed by atoms with Crippen LogP contribution < -0.4 is 0 Å². The minimum Gasteiger partial charge on any atom is -0.354 e. The molecule has 8 rings (SSSR count). The van der Waals surface area contributed by atoms with E-state index in [-0.39, 0.29) is 5.41 Å². The number of hydrogen-bond acceptors (Lipinski definition) is 0. The largest absolute Gasteiger partial charge is 0.354 e. The highest BCUT2D eigenvalue weighted by Gasteiger charge is 2.40. The van der Waals surface area contributed by atoms with Gasteiger partial charge in [-0.15, -0.1) is 0 Å². The van der Waals surface area contributed by atoms with E-state index in [0.717, 1.165) is 0 Å². The van der Waals surface area contributed by atoms with Crippen LogP contribution >= 0.6 is 0 Å². The molecule has 0 saturated carbocycles. The van der Waals surface area contributed by atoms with E-state index in [1.807, 2.05) is 0 Å². The SMILES string of the molecule is Cc1ccccc1-c1ccccc1-c1ccc2c(c1)[nH]c1cc(C3(C)c4ccccc4-c4ccccc43)ccc12. The molecule has 1 nitrogen and oxygen atoms in total. The summed E-state index contributed by atoms with van der Waals surface area (Å²) in [4.78, 5) is 3.79. The van der Waals surface area contributed by atoms with Crippen molar-refractivity contribution in [2.45, 2.75) is 19.3 Å². The second-order valence-corrected chi connectivity index (χ2v) is 11.2. The van der Waals surface area contributed by atoms with Crippen LogP contribution in [0.3, 0.4) is 0 Å². The van der Waals surface area contributed by atoms with Crippen LogP contribution in [0, 0.1) is 6.92 Å². The van der Waals surface area contributed by atoms with Crippen molar-refractivity contribution in [2.24, 2.45) is 0 Å². The number of aromatic amines is 1. The molecule has 0 amide bonds. The predicted octanol–water partition coefficient (Wildman–Crippen LogP) is 10.3. The molecule has 0 bridgehead atoms. The first-order valence-electron chi connectivity index (χ1n) is 14.0. The summed E-state index contributed by atoms with van der Waals surface area (Å²) in [5.74, 6) is 0. The molecular weight excluding hydrogens is 482 g/mol. The summed E-state index contributed by atoms with van der Waals surface area (Å²) in [5, 5.41) is 2.52. The molecule has 0 aliphatic heterocycles. The van der Waals surface area contributed by atoms with Crippen molar-refractivity contribution in [1.29, 1.82) is 0 Å². The Morgan fingerprint density at radius 3 is 1.68 bits per heavy atom. The van der Waals surface area contributed by atoms with E-state index in [2.05, 4.69) is 152 Å². The maximum atomic E-state index is 3.79. The van der Waals surface area contributed by atoms with E-state index in [1.54, 1.807) is 0 Å². The summed E-state index contributed by atoms with van der Waals surface area (Å²) >= 11 is 0. The lowest BCUT2D eigenvalue weighted by atomic mass is 9.74. The number of nitrogens with one attached hydrogen (secondary N) is 1. The van der Waals surface area contributed by atoms with Crippen LogP contribution in [0.1, 0.15) is 29.2 Å². The normalized spacial score (nSPS) is 13.4. The quantitative estimate of drug-likeness (QED) is 0.243. The average Bonchev–Trinajstić information content (AvgIpc) is 3.50. The van der Waals surface area contributed by atoms with Crippen LogP contribution in [0.4, 0.5) is 0 Å². The molecular formula is C39H29N. The molecule has 1 aromatic heterocycles. The van der Waals surface area contributed by atoms with Crippen LogP contribution in [0.5, 0.6) is 0 Å². The zero-order valence-corrected chi connectivity index (χ0v) is 22.7. The first-order chi connectivity index (χ1) is 19.6. The molecule has 0 radical (unpaired) electrons. The van der Waals surface area contributed by atoms with Gasteiger partial charge in [0, 0.05) is 27.2 Å². The number of H-pyrrole nitrogens is 1. The fourth-order valence-corrected chi connectivity index (χ4v) is 7.00. The molecule has 40 heavy (non-hydrogen) atoms. The van der Waals surface area contributed by atoms with Gasteiger partial charge in [-0.2, -0.15) is 0 Å². The van der Waals surface area contributed by atoms with E-state index < -0.39 is 0 Å². The molecule has 1 heterocycles. The Balaban J connectivity index is 1.28. The summed E-state index contributed by atoms with van der Waals surface area (Å²) in [6.07, 6.45) is 0. The van der Waals surface area contributed by atoms with Gasteiger partial charge in [-0.3, -0.25) is 0 Å². The first kappa shape index (κ1) is 23.0. The highest BCUT2D eigenvalue weighted by molar-refractivity contribution is 6.09. The third kappa shape index (κ3) is 3.21. The average molecular weight is 512 g/mol. The number of aryl methyl sites for hydroxylation is 1. The van der Waals surface area contributed by atoms with Crippen LogP contribution in [0.2, 0.25) is 0 Å². The lowest BCUT2D eigenvalue weighted by molar-refractivity contribution is 0.715. The lowest BCUT2D eigenvalue weighted by Gasteiger charge is -2.28. The van der Waals surface area contributed by atoms with Crippen LogP contribution in [-0.2, 0) is 5.41 Å². The van der Waals surface area contributed by atoms with E-state index in [9.17, 15) is 0 Å². The van der Waals surface area contributed by atoms with Crippen LogP contribution in [0.15, 0.2) is 133 Å². The molecule has 1 N–H and O–H groups in total. The maximum absolute atomic E-state index is 3.79. The molecule has 0 fully saturated rings. The second-order valence-electron chi connectivity index (χ2n) is 11.2. The molecule has 7 aromatic rings. The van der Waals surface area contributed by atoms with Gasteiger partial charge in [-0.25, -0.2) is 0 Å². The van der Waals surface area contributed by atoms with E-state index in [0.29, 0.717) is 0 Å². The fourth-order valence-electron chi connectivity index (χ4n) is 7.00. The number of benzene rings is 6. The molecule has 6 aromatic carbocycles. The summed E-state index contributed by atoms with van der Waals surface area (Å²) < 4.78 is 0. The molecule has 0 unspecified atom stereocenters. The fraction of sp³-hybridized carbons (Fsp3) is 0.0769. The number of hydrogen-bond donors (Lipinski definition) is 1. The van der Waals surface area contributed by atoms with Crippen molar-refractivity contribution in [3.8, 4) is 33.4 Å². The third-order valence-electron chi connectivity index (χ3n) is 9.07. The molecule has 1 heteroatoms. The Bertz CT molecular complexity index is 2050. The Kier molecular flexibility index (Phi) is 4.93. The van der Waals surface area contributed by atoms with Gasteiger partial charge in [0.25, 0.3) is 0 Å². The minimum atomic E-state index is -0.198. The third-order valence-corrected chi connectivity index (χ3v) is 9.07. The summed E-state index contributed by atoms with van der Waals surface area (Å²) in [6.45, 7) is 4.56. The minimum absolute atomic E-state index is 0.198. The Labute approximate surface area is 234 Å². The smallest absolute Gasteiger partial charge is 0.0471 e. The Morgan fingerprint density at radius 1 is 0.475 bits per heavy atom. The van der Waals surface area contributed by atoms with Gasteiger partial charge in [0.05, 0.1) is 0 Å². The van der Waals surface area contributed by atoms with E-state index in [4.69, 9.17) is 0 Å². The molecule has 1 aliphatic rings.